The molecule has 1 aliphatic rings. The number of benzene rings is 1. The van der Waals surface area contributed by atoms with Crippen LogP contribution < -0.4 is 10.4 Å². The minimum absolute atomic E-state index is 1.21. The molecule has 0 unspecified atom stereocenters. The smallest absolute Gasteiger partial charge is 0.0227 e. The summed E-state index contributed by atoms with van der Waals surface area (Å²) < 4.78 is 0. The van der Waals surface area contributed by atoms with E-state index in [9.17, 15) is 0 Å². The molecule has 10 heavy (non-hydrogen) atoms. The molecule has 0 nitrogen and oxygen atoms in total. The summed E-state index contributed by atoms with van der Waals surface area (Å²) in [5.74, 6) is 0. The molecule has 1 aromatic carbocycles. The standard InChI is InChI=1S/C10H10/c1-2-6-10-8-4-3-7-9(10)5-1/h1-2,5-8H,3-4H2. The summed E-state index contributed by atoms with van der Waals surface area (Å²) >= 11 is 0. The van der Waals surface area contributed by atoms with Crippen molar-refractivity contribution in [3.8, 4) is 0 Å². The van der Waals surface area contributed by atoms with Gasteiger partial charge in [0.05, 0.1) is 0 Å². The normalized spacial score (nSPS) is 14.8. The lowest BCUT2D eigenvalue weighted by atomic mass is 10.1. The van der Waals surface area contributed by atoms with E-state index in [-0.39, 0.29) is 0 Å². The topological polar surface area (TPSA) is 0 Å². The van der Waals surface area contributed by atoms with Gasteiger partial charge >= 0.3 is 0 Å². The largest absolute Gasteiger partial charge is 0.0764 e. The monoisotopic (exact) mass is 130 g/mol. The molecule has 0 heterocycles. The third kappa shape index (κ3) is 0.860. The first-order valence-corrected chi connectivity index (χ1v) is 3.72. The first kappa shape index (κ1) is 5.72. The van der Waals surface area contributed by atoms with Gasteiger partial charge in [-0.2, -0.15) is 0 Å². The van der Waals surface area contributed by atoms with Gasteiger partial charge in [0, 0.05) is 0 Å². The second-order valence-electron chi connectivity index (χ2n) is 2.61. The SMILES string of the molecule is C1=c2ccccc2=CCC1. The Bertz CT molecular complexity index is 298. The van der Waals surface area contributed by atoms with Gasteiger partial charge in [0.15, 0.2) is 0 Å². The number of hydrogen-bond acceptors (Lipinski definition) is 0. The van der Waals surface area contributed by atoms with Gasteiger partial charge in [-0.15, -0.1) is 0 Å². The molecule has 0 atom stereocenters. The first-order valence-electron chi connectivity index (χ1n) is 3.72. The van der Waals surface area contributed by atoms with E-state index in [1.165, 1.54) is 23.3 Å². The van der Waals surface area contributed by atoms with E-state index in [2.05, 4.69) is 36.4 Å². The summed E-state index contributed by atoms with van der Waals surface area (Å²) in [5.41, 5.74) is 0. The Morgan fingerprint density at radius 2 is 1.30 bits per heavy atom. The third-order valence-electron chi connectivity index (χ3n) is 1.89. The fourth-order valence-corrected chi connectivity index (χ4v) is 1.36. The summed E-state index contributed by atoms with van der Waals surface area (Å²) in [5, 5.41) is 2.79. The van der Waals surface area contributed by atoms with E-state index in [1.807, 2.05) is 0 Å². The van der Waals surface area contributed by atoms with Crippen LogP contribution in [0.25, 0.3) is 12.2 Å². The highest BCUT2D eigenvalue weighted by molar-refractivity contribution is 5.37. The summed E-state index contributed by atoms with van der Waals surface area (Å²) in [6.45, 7) is 0. The molecule has 0 bridgehead atoms. The lowest BCUT2D eigenvalue weighted by Gasteiger charge is -1.96. The average Bonchev–Trinajstić information content (AvgIpc) is 2.05. The molecule has 0 heteroatoms. The van der Waals surface area contributed by atoms with Crippen LogP contribution in [0.5, 0.6) is 0 Å². The predicted molar refractivity (Wildman–Crippen MR) is 43.9 cm³/mol. The Labute approximate surface area is 60.5 Å². The lowest BCUT2D eigenvalue weighted by molar-refractivity contribution is 1.12. The van der Waals surface area contributed by atoms with Gasteiger partial charge in [-0.3, -0.25) is 0 Å². The summed E-state index contributed by atoms with van der Waals surface area (Å²) in [7, 11) is 0. The van der Waals surface area contributed by atoms with Crippen molar-refractivity contribution in [3.05, 3.63) is 34.7 Å². The quantitative estimate of drug-likeness (QED) is 0.492. The van der Waals surface area contributed by atoms with Crippen LogP contribution in [0.2, 0.25) is 0 Å². The molecule has 2 rings (SSSR count). The maximum atomic E-state index is 2.30. The van der Waals surface area contributed by atoms with Crippen LogP contribution in [0.1, 0.15) is 12.8 Å². The summed E-state index contributed by atoms with van der Waals surface area (Å²) in [6.07, 6.45) is 7.01. The molecule has 0 saturated carbocycles. The maximum Gasteiger partial charge on any atom is -0.0227 e. The minimum atomic E-state index is 1.21. The number of rotatable bonds is 0. The highest BCUT2D eigenvalue weighted by atomic mass is 13.9. The van der Waals surface area contributed by atoms with Crippen LogP contribution in [0, 0.1) is 0 Å². The fourth-order valence-electron chi connectivity index (χ4n) is 1.36. The Kier molecular flexibility index (Phi) is 1.31. The van der Waals surface area contributed by atoms with Crippen LogP contribution in [-0.2, 0) is 0 Å². The van der Waals surface area contributed by atoms with Crippen LogP contribution in [0.4, 0.5) is 0 Å². The van der Waals surface area contributed by atoms with Crippen molar-refractivity contribution in [3.63, 3.8) is 0 Å². The maximum absolute atomic E-state index is 2.30. The zero-order valence-corrected chi connectivity index (χ0v) is 5.88. The average molecular weight is 130 g/mol. The first-order chi connectivity index (χ1) is 4.97. The molecule has 0 amide bonds. The molecule has 0 saturated heterocycles. The third-order valence-corrected chi connectivity index (χ3v) is 1.89. The van der Waals surface area contributed by atoms with Crippen LogP contribution in [-0.4, -0.2) is 0 Å². The Balaban J connectivity index is 2.84. The van der Waals surface area contributed by atoms with Crippen LogP contribution >= 0.6 is 0 Å². The van der Waals surface area contributed by atoms with Gasteiger partial charge < -0.3 is 0 Å². The van der Waals surface area contributed by atoms with E-state index in [0.717, 1.165) is 0 Å². The summed E-state index contributed by atoms with van der Waals surface area (Å²) in [4.78, 5) is 0. The molecule has 0 fully saturated rings. The zero-order valence-electron chi connectivity index (χ0n) is 5.88. The molecule has 0 N–H and O–H groups in total. The van der Waals surface area contributed by atoms with Gasteiger partial charge in [-0.25, -0.2) is 0 Å². The highest BCUT2D eigenvalue weighted by Gasteiger charge is 1.88. The van der Waals surface area contributed by atoms with Gasteiger partial charge in [0.1, 0.15) is 0 Å². The van der Waals surface area contributed by atoms with Gasteiger partial charge in [-0.05, 0) is 23.3 Å². The molecule has 0 aromatic heterocycles. The lowest BCUT2D eigenvalue weighted by Crippen LogP contribution is -2.25. The van der Waals surface area contributed by atoms with E-state index in [1.54, 1.807) is 0 Å². The highest BCUT2D eigenvalue weighted by Crippen LogP contribution is 1.93. The Hall–Kier alpha value is -1.04. The van der Waals surface area contributed by atoms with E-state index in [0.29, 0.717) is 0 Å². The molecule has 0 radical (unpaired) electrons. The molecule has 0 aliphatic heterocycles. The molecular weight excluding hydrogens is 120 g/mol. The molecule has 1 aliphatic carbocycles. The van der Waals surface area contributed by atoms with Crippen molar-refractivity contribution < 1.29 is 0 Å². The van der Waals surface area contributed by atoms with Crippen LogP contribution in [0.15, 0.2) is 24.3 Å². The van der Waals surface area contributed by atoms with Crippen molar-refractivity contribution in [1.82, 2.24) is 0 Å². The number of fused-ring (bicyclic) bond motifs is 1. The van der Waals surface area contributed by atoms with Crippen molar-refractivity contribution >= 4 is 12.2 Å². The Morgan fingerprint density at radius 1 is 0.800 bits per heavy atom. The fraction of sp³-hybridized carbons (Fsp3) is 0.200. The van der Waals surface area contributed by atoms with Crippen LogP contribution in [0.3, 0.4) is 0 Å². The number of hydrogen-bond donors (Lipinski definition) is 0. The van der Waals surface area contributed by atoms with Gasteiger partial charge in [0.2, 0.25) is 0 Å². The van der Waals surface area contributed by atoms with Crippen molar-refractivity contribution in [2.24, 2.45) is 0 Å². The zero-order chi connectivity index (χ0) is 6.81. The summed E-state index contributed by atoms with van der Waals surface area (Å²) in [6, 6.07) is 8.53. The molecule has 1 aromatic rings. The van der Waals surface area contributed by atoms with Gasteiger partial charge in [-0.1, -0.05) is 36.4 Å². The molecule has 0 spiro atoms. The van der Waals surface area contributed by atoms with E-state index in [4.69, 9.17) is 0 Å². The predicted octanol–water partition coefficient (Wildman–Crippen LogP) is 1.04. The minimum Gasteiger partial charge on any atom is -0.0764 e. The van der Waals surface area contributed by atoms with Crippen molar-refractivity contribution in [1.29, 1.82) is 0 Å². The van der Waals surface area contributed by atoms with Gasteiger partial charge in [0.25, 0.3) is 0 Å². The van der Waals surface area contributed by atoms with E-state index >= 15 is 0 Å². The Morgan fingerprint density at radius 3 is 1.80 bits per heavy atom. The van der Waals surface area contributed by atoms with Crippen molar-refractivity contribution in [2.45, 2.75) is 12.8 Å². The van der Waals surface area contributed by atoms with Crippen molar-refractivity contribution in [2.75, 3.05) is 0 Å². The van der Waals surface area contributed by atoms with E-state index < -0.39 is 0 Å². The second kappa shape index (κ2) is 2.30. The second-order valence-corrected chi connectivity index (χ2v) is 2.61. The molecular formula is C10H10. The molecule has 50 valence electrons.